The van der Waals surface area contributed by atoms with Gasteiger partial charge in [-0.05, 0) is 37.3 Å². The van der Waals surface area contributed by atoms with Gasteiger partial charge in [-0.2, -0.15) is 11.8 Å². The number of carbonyl (C=O) groups excluding carboxylic acids is 1. The molecule has 5 heteroatoms. The second-order valence-electron chi connectivity index (χ2n) is 4.51. The molecule has 19 heavy (non-hydrogen) atoms. The third-order valence-corrected chi connectivity index (χ3v) is 5.38. The highest BCUT2D eigenvalue weighted by Crippen LogP contribution is 2.29. The monoisotopic (exact) mass is 300 g/mol. The van der Waals surface area contributed by atoms with E-state index in [0.29, 0.717) is 22.8 Å². The Balaban J connectivity index is 2.77. The van der Waals surface area contributed by atoms with Crippen LogP contribution >= 0.6 is 23.4 Å². The number of benzene rings is 1. The van der Waals surface area contributed by atoms with Crippen LogP contribution in [0.3, 0.4) is 0 Å². The molecule has 1 amide bonds. The fourth-order valence-electron chi connectivity index (χ4n) is 1.92. The molecule has 0 aliphatic carbocycles. The maximum atomic E-state index is 12.2. The van der Waals surface area contributed by atoms with Crippen molar-refractivity contribution in [2.24, 2.45) is 0 Å². The Hall–Kier alpha value is -0.870. The van der Waals surface area contributed by atoms with Gasteiger partial charge in [-0.25, -0.2) is 0 Å². The summed E-state index contributed by atoms with van der Waals surface area (Å²) in [6.07, 6.45) is 4.10. The zero-order chi connectivity index (χ0) is 14.5. The van der Waals surface area contributed by atoms with Crippen LogP contribution in [0, 0.1) is 0 Å². The Morgan fingerprint density at radius 3 is 2.58 bits per heavy atom. The molecule has 0 saturated carbocycles. The van der Waals surface area contributed by atoms with Gasteiger partial charge in [0.15, 0.2) is 0 Å². The normalized spacial score (nSPS) is 11.4. The van der Waals surface area contributed by atoms with Gasteiger partial charge < -0.3 is 11.1 Å². The van der Waals surface area contributed by atoms with Crippen LogP contribution in [0.2, 0.25) is 5.02 Å². The third-order valence-electron chi connectivity index (χ3n) is 3.55. The van der Waals surface area contributed by atoms with Crippen molar-refractivity contribution < 1.29 is 4.79 Å². The van der Waals surface area contributed by atoms with Crippen molar-refractivity contribution in [1.82, 2.24) is 5.32 Å². The van der Waals surface area contributed by atoms with E-state index in [1.807, 2.05) is 0 Å². The summed E-state index contributed by atoms with van der Waals surface area (Å²) in [7, 11) is 0. The van der Waals surface area contributed by atoms with Gasteiger partial charge >= 0.3 is 0 Å². The van der Waals surface area contributed by atoms with Crippen LogP contribution in [0.25, 0.3) is 0 Å². The number of rotatable bonds is 6. The van der Waals surface area contributed by atoms with Crippen molar-refractivity contribution in [3.8, 4) is 0 Å². The molecule has 0 saturated heterocycles. The highest BCUT2D eigenvalue weighted by molar-refractivity contribution is 8.00. The third kappa shape index (κ3) is 4.05. The Morgan fingerprint density at radius 2 is 2.05 bits per heavy atom. The first-order chi connectivity index (χ1) is 8.98. The summed E-state index contributed by atoms with van der Waals surface area (Å²) in [5.41, 5.74) is 6.69. The number of thioether (sulfide) groups is 1. The summed E-state index contributed by atoms with van der Waals surface area (Å²) in [6, 6.07) is 4.93. The molecule has 0 fully saturated rings. The largest absolute Gasteiger partial charge is 0.398 e. The van der Waals surface area contributed by atoms with Crippen molar-refractivity contribution >= 4 is 35.0 Å². The summed E-state index contributed by atoms with van der Waals surface area (Å²) >= 11 is 7.68. The van der Waals surface area contributed by atoms with Crippen LogP contribution in [-0.2, 0) is 0 Å². The van der Waals surface area contributed by atoms with E-state index in [1.54, 1.807) is 30.0 Å². The maximum absolute atomic E-state index is 12.2. The average Bonchev–Trinajstić information content (AvgIpc) is 2.43. The van der Waals surface area contributed by atoms with E-state index >= 15 is 0 Å². The lowest BCUT2D eigenvalue weighted by Gasteiger charge is -2.29. The standard InChI is InChI=1S/C14H21ClN2OS/c1-4-14(5-2,19-3)9-17-13(18)11-8-10(15)6-7-12(11)16/h6-8H,4-5,9,16H2,1-3H3,(H,17,18). The molecule has 0 spiro atoms. The number of amides is 1. The lowest BCUT2D eigenvalue weighted by Crippen LogP contribution is -2.39. The minimum atomic E-state index is -0.166. The number of nitrogens with two attached hydrogens (primary N) is 1. The van der Waals surface area contributed by atoms with Gasteiger partial charge in [-0.3, -0.25) is 4.79 Å². The Kier molecular flexibility index (Phi) is 6.01. The van der Waals surface area contributed by atoms with Crippen LogP contribution in [0.5, 0.6) is 0 Å². The smallest absolute Gasteiger partial charge is 0.253 e. The van der Waals surface area contributed by atoms with E-state index in [1.165, 1.54) is 0 Å². The van der Waals surface area contributed by atoms with Crippen molar-refractivity contribution in [1.29, 1.82) is 0 Å². The fraction of sp³-hybridized carbons (Fsp3) is 0.500. The van der Waals surface area contributed by atoms with Crippen molar-refractivity contribution in [2.75, 3.05) is 18.5 Å². The van der Waals surface area contributed by atoms with Crippen LogP contribution < -0.4 is 11.1 Å². The zero-order valence-corrected chi connectivity index (χ0v) is 13.2. The highest BCUT2D eigenvalue weighted by atomic mass is 35.5. The van der Waals surface area contributed by atoms with Gasteiger partial charge in [0, 0.05) is 22.0 Å². The highest BCUT2D eigenvalue weighted by Gasteiger charge is 2.25. The average molecular weight is 301 g/mol. The minimum absolute atomic E-state index is 0.0863. The van der Waals surface area contributed by atoms with Crippen molar-refractivity contribution in [2.45, 2.75) is 31.4 Å². The van der Waals surface area contributed by atoms with E-state index in [0.717, 1.165) is 12.8 Å². The molecule has 0 aliphatic rings. The van der Waals surface area contributed by atoms with Crippen LogP contribution in [-0.4, -0.2) is 23.5 Å². The molecule has 1 rings (SSSR count). The Morgan fingerprint density at radius 1 is 1.42 bits per heavy atom. The molecule has 0 bridgehead atoms. The summed E-state index contributed by atoms with van der Waals surface area (Å²) in [4.78, 5) is 12.2. The number of hydrogen-bond acceptors (Lipinski definition) is 3. The molecule has 0 radical (unpaired) electrons. The number of carbonyl (C=O) groups is 1. The second-order valence-corrected chi connectivity index (χ2v) is 6.22. The van der Waals surface area contributed by atoms with Gasteiger partial charge in [0.05, 0.1) is 5.56 Å². The molecular weight excluding hydrogens is 280 g/mol. The SMILES string of the molecule is CCC(CC)(CNC(=O)c1cc(Cl)ccc1N)SC. The molecule has 1 aromatic rings. The van der Waals surface area contributed by atoms with Gasteiger partial charge in [-0.15, -0.1) is 0 Å². The predicted octanol–water partition coefficient (Wildman–Crippen LogP) is 3.57. The first-order valence-corrected chi connectivity index (χ1v) is 7.96. The van der Waals surface area contributed by atoms with Crippen LogP contribution in [0.15, 0.2) is 18.2 Å². The Labute approximate surface area is 124 Å². The van der Waals surface area contributed by atoms with Gasteiger partial charge in [0.25, 0.3) is 5.91 Å². The summed E-state index contributed by atoms with van der Waals surface area (Å²) < 4.78 is 0.0863. The number of nitrogens with one attached hydrogen (secondary N) is 1. The van der Waals surface area contributed by atoms with Crippen LogP contribution in [0.4, 0.5) is 5.69 Å². The lowest BCUT2D eigenvalue weighted by molar-refractivity contribution is 0.0950. The molecule has 0 unspecified atom stereocenters. The molecule has 0 aliphatic heterocycles. The molecule has 0 heterocycles. The molecular formula is C14H21ClN2OS. The first kappa shape index (κ1) is 16.2. The van der Waals surface area contributed by atoms with E-state index in [9.17, 15) is 4.79 Å². The van der Waals surface area contributed by atoms with Gasteiger partial charge in [-0.1, -0.05) is 25.4 Å². The topological polar surface area (TPSA) is 55.1 Å². The molecule has 106 valence electrons. The first-order valence-electron chi connectivity index (χ1n) is 6.36. The predicted molar refractivity (Wildman–Crippen MR) is 85.0 cm³/mol. The molecule has 1 aromatic carbocycles. The maximum Gasteiger partial charge on any atom is 0.253 e. The number of anilines is 1. The summed E-state index contributed by atoms with van der Waals surface area (Å²) in [5.74, 6) is -0.166. The minimum Gasteiger partial charge on any atom is -0.398 e. The molecule has 0 aromatic heterocycles. The van der Waals surface area contributed by atoms with E-state index in [4.69, 9.17) is 17.3 Å². The van der Waals surface area contributed by atoms with E-state index in [-0.39, 0.29) is 10.7 Å². The number of halogens is 1. The summed E-state index contributed by atoms with van der Waals surface area (Å²) in [5, 5.41) is 3.48. The quantitative estimate of drug-likeness (QED) is 0.790. The number of nitrogen functional groups attached to an aromatic ring is 1. The van der Waals surface area contributed by atoms with E-state index in [2.05, 4.69) is 25.4 Å². The molecule has 3 nitrogen and oxygen atoms in total. The van der Waals surface area contributed by atoms with Crippen molar-refractivity contribution in [3.05, 3.63) is 28.8 Å². The van der Waals surface area contributed by atoms with Gasteiger partial charge in [0.2, 0.25) is 0 Å². The second kappa shape index (κ2) is 7.06. The molecule has 0 atom stereocenters. The van der Waals surface area contributed by atoms with Crippen LogP contribution in [0.1, 0.15) is 37.0 Å². The fourth-order valence-corrected chi connectivity index (χ4v) is 2.89. The lowest BCUT2D eigenvalue weighted by atomic mass is 10.0. The Bertz CT molecular complexity index is 439. The van der Waals surface area contributed by atoms with Gasteiger partial charge in [0.1, 0.15) is 0 Å². The zero-order valence-electron chi connectivity index (χ0n) is 11.6. The number of hydrogen-bond donors (Lipinski definition) is 2. The van der Waals surface area contributed by atoms with Crippen molar-refractivity contribution in [3.63, 3.8) is 0 Å². The summed E-state index contributed by atoms with van der Waals surface area (Å²) in [6.45, 7) is 4.91. The molecule has 3 N–H and O–H groups in total. The van der Waals surface area contributed by atoms with E-state index < -0.39 is 0 Å².